The van der Waals surface area contributed by atoms with Crippen molar-refractivity contribution >= 4 is 60.1 Å². The van der Waals surface area contributed by atoms with Gasteiger partial charge in [-0.2, -0.15) is 0 Å². The molecule has 1 aromatic carbocycles. The van der Waals surface area contributed by atoms with Gasteiger partial charge in [-0.05, 0) is 50.7 Å². The fourth-order valence-corrected chi connectivity index (χ4v) is 2.36. The van der Waals surface area contributed by atoms with E-state index in [2.05, 4.69) is 54.5 Å². The van der Waals surface area contributed by atoms with Crippen molar-refractivity contribution in [2.45, 2.75) is 0 Å². The monoisotopic (exact) mass is 375 g/mol. The first kappa shape index (κ1) is 8.80. The first-order valence-electron chi connectivity index (χ1n) is 2.51. The van der Waals surface area contributed by atoms with Crippen LogP contribution in [-0.2, 0) is 0 Å². The van der Waals surface area contributed by atoms with E-state index in [1.807, 2.05) is 12.1 Å². The lowest BCUT2D eigenvalue weighted by Crippen LogP contribution is -1.88. The number of anilines is 1. The highest BCUT2D eigenvalue weighted by molar-refractivity contribution is 14.1. The number of halogens is 3. The van der Waals surface area contributed by atoms with Crippen LogP contribution in [0.1, 0.15) is 0 Å². The lowest BCUT2D eigenvalue weighted by Gasteiger charge is -2.00. The van der Waals surface area contributed by atoms with Crippen LogP contribution in [0, 0.1) is 3.57 Å². The van der Waals surface area contributed by atoms with E-state index in [1.165, 1.54) is 0 Å². The molecule has 0 amide bonds. The van der Waals surface area contributed by atoms with E-state index in [9.17, 15) is 0 Å². The van der Waals surface area contributed by atoms with Crippen molar-refractivity contribution in [3.05, 3.63) is 24.6 Å². The van der Waals surface area contributed by atoms with E-state index in [4.69, 9.17) is 5.73 Å². The van der Waals surface area contributed by atoms with Crippen LogP contribution < -0.4 is 5.73 Å². The Hall–Kier alpha value is 0.710. The molecule has 0 atom stereocenters. The molecule has 0 fully saturated rings. The smallest absolute Gasteiger partial charge is 0.0539 e. The van der Waals surface area contributed by atoms with Gasteiger partial charge in [0.25, 0.3) is 0 Å². The van der Waals surface area contributed by atoms with Gasteiger partial charge in [0.2, 0.25) is 0 Å². The average Bonchev–Trinajstić information content (AvgIpc) is 1.82. The Morgan fingerprint density at radius 2 is 1.90 bits per heavy atom. The summed E-state index contributed by atoms with van der Waals surface area (Å²) >= 11 is 8.92. The fourth-order valence-electron chi connectivity index (χ4n) is 0.576. The number of hydrogen-bond donors (Lipinski definition) is 1. The molecular weight excluding hydrogens is 373 g/mol. The molecule has 2 N–H and O–H groups in total. The predicted molar refractivity (Wildman–Crippen MR) is 59.0 cm³/mol. The zero-order chi connectivity index (χ0) is 7.72. The second kappa shape index (κ2) is 3.40. The molecule has 0 radical (unpaired) electrons. The molecule has 0 saturated heterocycles. The fraction of sp³-hybridized carbons (Fsp3) is 0. The molecular formula is C6H4Br2IN. The minimum atomic E-state index is 0.763. The lowest BCUT2D eigenvalue weighted by molar-refractivity contribution is 1.54. The maximum absolute atomic E-state index is 5.64. The molecule has 0 bridgehead atoms. The SMILES string of the molecule is Nc1cc(Br)cc(I)c1Br. The average molecular weight is 377 g/mol. The van der Waals surface area contributed by atoms with Gasteiger partial charge in [0.05, 0.1) is 4.47 Å². The number of rotatable bonds is 0. The molecule has 10 heavy (non-hydrogen) atoms. The van der Waals surface area contributed by atoms with Crippen molar-refractivity contribution in [2.24, 2.45) is 0 Å². The number of benzene rings is 1. The minimum absolute atomic E-state index is 0.763. The third-order valence-corrected chi connectivity index (χ3v) is 3.96. The first-order valence-corrected chi connectivity index (χ1v) is 5.18. The summed E-state index contributed by atoms with van der Waals surface area (Å²) < 4.78 is 3.10. The van der Waals surface area contributed by atoms with E-state index in [0.29, 0.717) is 0 Å². The van der Waals surface area contributed by atoms with Gasteiger partial charge in [0.15, 0.2) is 0 Å². The van der Waals surface area contributed by atoms with Crippen LogP contribution in [0.25, 0.3) is 0 Å². The van der Waals surface area contributed by atoms with Crippen LogP contribution in [0.4, 0.5) is 5.69 Å². The molecule has 1 aromatic rings. The van der Waals surface area contributed by atoms with Crippen LogP contribution in [-0.4, -0.2) is 0 Å². The Labute approximate surface area is 89.8 Å². The maximum atomic E-state index is 5.64. The molecule has 4 heteroatoms. The van der Waals surface area contributed by atoms with E-state index < -0.39 is 0 Å². The highest BCUT2D eigenvalue weighted by atomic mass is 127. The van der Waals surface area contributed by atoms with Crippen LogP contribution in [0.2, 0.25) is 0 Å². The number of nitrogen functional groups attached to an aromatic ring is 1. The minimum Gasteiger partial charge on any atom is -0.398 e. The Balaban J connectivity index is 3.31. The van der Waals surface area contributed by atoms with Crippen LogP contribution in [0.15, 0.2) is 21.1 Å². The summed E-state index contributed by atoms with van der Waals surface area (Å²) in [4.78, 5) is 0. The summed E-state index contributed by atoms with van der Waals surface area (Å²) in [7, 11) is 0. The van der Waals surface area contributed by atoms with Crippen LogP contribution >= 0.6 is 54.5 Å². The third-order valence-electron chi connectivity index (χ3n) is 1.02. The van der Waals surface area contributed by atoms with Gasteiger partial charge in [0.1, 0.15) is 0 Å². The quantitative estimate of drug-likeness (QED) is 0.419. The Bertz CT molecular complexity index is 239. The summed E-state index contributed by atoms with van der Waals surface area (Å²) in [5.74, 6) is 0. The van der Waals surface area contributed by atoms with Gasteiger partial charge in [-0.25, -0.2) is 0 Å². The van der Waals surface area contributed by atoms with Crippen molar-refractivity contribution in [1.82, 2.24) is 0 Å². The van der Waals surface area contributed by atoms with E-state index in [-0.39, 0.29) is 0 Å². The molecule has 0 aliphatic rings. The second-order valence-corrected chi connectivity index (χ2v) is 4.66. The molecule has 0 saturated carbocycles. The van der Waals surface area contributed by atoms with E-state index >= 15 is 0 Å². The molecule has 0 unspecified atom stereocenters. The van der Waals surface area contributed by atoms with Crippen LogP contribution in [0.3, 0.4) is 0 Å². The lowest BCUT2D eigenvalue weighted by atomic mass is 10.3. The van der Waals surface area contributed by atoms with Crippen molar-refractivity contribution in [3.63, 3.8) is 0 Å². The Morgan fingerprint density at radius 3 is 2.40 bits per heavy atom. The normalized spacial score (nSPS) is 9.90. The molecule has 0 spiro atoms. The molecule has 0 heterocycles. The largest absolute Gasteiger partial charge is 0.398 e. The molecule has 54 valence electrons. The maximum Gasteiger partial charge on any atom is 0.0539 e. The Morgan fingerprint density at radius 1 is 1.30 bits per heavy atom. The zero-order valence-corrected chi connectivity index (χ0v) is 10.2. The predicted octanol–water partition coefficient (Wildman–Crippen LogP) is 3.40. The van der Waals surface area contributed by atoms with Crippen molar-refractivity contribution in [1.29, 1.82) is 0 Å². The molecule has 1 nitrogen and oxygen atoms in total. The van der Waals surface area contributed by atoms with Crippen molar-refractivity contribution in [2.75, 3.05) is 5.73 Å². The van der Waals surface area contributed by atoms with E-state index in [1.54, 1.807) is 0 Å². The summed E-state index contributed by atoms with van der Waals surface area (Å²) in [6.45, 7) is 0. The summed E-state index contributed by atoms with van der Waals surface area (Å²) in [6.07, 6.45) is 0. The van der Waals surface area contributed by atoms with Gasteiger partial charge in [0, 0.05) is 13.7 Å². The van der Waals surface area contributed by atoms with Gasteiger partial charge >= 0.3 is 0 Å². The van der Waals surface area contributed by atoms with Gasteiger partial charge < -0.3 is 5.73 Å². The highest BCUT2D eigenvalue weighted by Gasteiger charge is 2.00. The molecule has 0 aromatic heterocycles. The van der Waals surface area contributed by atoms with Crippen LogP contribution in [0.5, 0.6) is 0 Å². The number of nitrogens with two attached hydrogens (primary N) is 1. The molecule has 0 aliphatic heterocycles. The Kier molecular flexibility index (Phi) is 3.00. The third kappa shape index (κ3) is 1.85. The van der Waals surface area contributed by atoms with Gasteiger partial charge in [-0.1, -0.05) is 15.9 Å². The molecule has 1 rings (SSSR count). The second-order valence-electron chi connectivity index (χ2n) is 1.79. The van der Waals surface area contributed by atoms with Gasteiger partial charge in [-0.15, -0.1) is 0 Å². The van der Waals surface area contributed by atoms with E-state index in [0.717, 1.165) is 18.2 Å². The summed E-state index contributed by atoms with van der Waals surface area (Å²) in [5.41, 5.74) is 6.40. The van der Waals surface area contributed by atoms with Crippen molar-refractivity contribution in [3.8, 4) is 0 Å². The topological polar surface area (TPSA) is 26.0 Å². The molecule has 0 aliphatic carbocycles. The zero-order valence-electron chi connectivity index (χ0n) is 4.87. The first-order chi connectivity index (χ1) is 4.61. The summed E-state index contributed by atoms with van der Waals surface area (Å²) in [5, 5.41) is 0. The number of hydrogen-bond acceptors (Lipinski definition) is 1. The summed E-state index contributed by atoms with van der Waals surface area (Å²) in [6, 6.07) is 3.87. The van der Waals surface area contributed by atoms with Crippen molar-refractivity contribution < 1.29 is 0 Å². The highest BCUT2D eigenvalue weighted by Crippen LogP contribution is 2.29. The standard InChI is InChI=1S/C6H4Br2IN/c7-3-1-4(9)6(8)5(10)2-3/h1-2H,10H2. The van der Waals surface area contributed by atoms with Gasteiger partial charge in [-0.3, -0.25) is 0 Å².